The third-order valence-corrected chi connectivity index (χ3v) is 6.38. The van der Waals surface area contributed by atoms with E-state index >= 15 is 0 Å². The summed E-state index contributed by atoms with van der Waals surface area (Å²) >= 11 is 13.3. The first-order chi connectivity index (χ1) is 13.6. The van der Waals surface area contributed by atoms with Gasteiger partial charge in [-0.2, -0.15) is 5.10 Å². The molecule has 0 fully saturated rings. The molecule has 0 saturated heterocycles. The van der Waals surface area contributed by atoms with E-state index < -0.39 is 0 Å². The molecule has 0 N–H and O–H groups in total. The summed E-state index contributed by atoms with van der Waals surface area (Å²) in [6.07, 6.45) is 0.533. The van der Waals surface area contributed by atoms with Crippen LogP contribution in [-0.2, 0) is 0 Å². The summed E-state index contributed by atoms with van der Waals surface area (Å²) in [5, 5.41) is 7.75. The summed E-state index contributed by atoms with van der Waals surface area (Å²) in [6, 6.07) is 22.4. The van der Waals surface area contributed by atoms with Crippen LogP contribution < -0.4 is 4.74 Å². The van der Waals surface area contributed by atoms with E-state index in [1.54, 1.807) is 0 Å². The Morgan fingerprint density at radius 2 is 1.61 bits per heavy atom. The number of hydrogen-bond donors (Lipinski definition) is 0. The van der Waals surface area contributed by atoms with Gasteiger partial charge in [0, 0.05) is 31.5 Å². The van der Waals surface area contributed by atoms with Gasteiger partial charge in [-0.25, -0.2) is 5.01 Å². The van der Waals surface area contributed by atoms with Crippen molar-refractivity contribution in [1.29, 1.82) is 0 Å². The monoisotopic (exact) mass is 516 g/mol. The zero-order valence-electron chi connectivity index (χ0n) is 14.6. The van der Waals surface area contributed by atoms with Crippen LogP contribution in [0.2, 0.25) is 5.02 Å². The molecular weight excluding hydrogens is 504 g/mol. The molecule has 0 spiro atoms. The molecule has 2 aliphatic heterocycles. The van der Waals surface area contributed by atoms with Gasteiger partial charge in [-0.05, 0) is 48.0 Å². The van der Waals surface area contributed by atoms with Crippen LogP contribution in [-0.4, -0.2) is 10.7 Å². The summed E-state index contributed by atoms with van der Waals surface area (Å²) in [5.74, 6) is 0.867. The first-order valence-electron chi connectivity index (χ1n) is 8.92. The average Bonchev–Trinajstić information content (AvgIpc) is 3.14. The summed E-state index contributed by atoms with van der Waals surface area (Å²) in [4.78, 5) is 0. The highest BCUT2D eigenvalue weighted by atomic mass is 79.9. The number of benzene rings is 3. The van der Waals surface area contributed by atoms with Crippen LogP contribution in [0.15, 0.2) is 80.8 Å². The lowest BCUT2D eigenvalue weighted by Crippen LogP contribution is -2.33. The van der Waals surface area contributed by atoms with Crippen molar-refractivity contribution in [2.45, 2.75) is 18.7 Å². The highest BCUT2D eigenvalue weighted by Crippen LogP contribution is 2.48. The molecule has 2 heterocycles. The Hall–Kier alpha value is -1.82. The SMILES string of the molecule is Clc1ccc2c(c1)[C@@H]1CC(c3ccc(Br)cc3)=NN1[C@H](c1ccc(Br)cc1)O2. The van der Waals surface area contributed by atoms with E-state index in [0.29, 0.717) is 5.02 Å². The van der Waals surface area contributed by atoms with Crippen LogP contribution >= 0.6 is 43.5 Å². The third kappa shape index (κ3) is 3.25. The Balaban J connectivity index is 1.59. The zero-order chi connectivity index (χ0) is 19.3. The minimum absolute atomic E-state index is 0.0924. The topological polar surface area (TPSA) is 24.8 Å². The highest BCUT2D eigenvalue weighted by molar-refractivity contribution is 9.10. The van der Waals surface area contributed by atoms with E-state index in [4.69, 9.17) is 21.4 Å². The molecule has 0 radical (unpaired) electrons. The van der Waals surface area contributed by atoms with Gasteiger partial charge >= 0.3 is 0 Å². The number of ether oxygens (including phenoxy) is 1. The maximum Gasteiger partial charge on any atom is 0.213 e. The summed E-state index contributed by atoms with van der Waals surface area (Å²) in [6.45, 7) is 0. The van der Waals surface area contributed by atoms with Gasteiger partial charge < -0.3 is 4.74 Å². The number of halogens is 3. The molecule has 28 heavy (non-hydrogen) atoms. The molecule has 3 nitrogen and oxygen atoms in total. The van der Waals surface area contributed by atoms with Gasteiger partial charge in [-0.3, -0.25) is 0 Å². The molecule has 6 heteroatoms. The molecule has 0 aliphatic carbocycles. The second-order valence-corrected chi connectivity index (χ2v) is 9.13. The summed E-state index contributed by atoms with van der Waals surface area (Å²) in [5.41, 5.74) is 4.32. The van der Waals surface area contributed by atoms with Crippen LogP contribution in [0.3, 0.4) is 0 Å². The Labute approximate surface area is 185 Å². The molecule has 5 rings (SSSR count). The van der Waals surface area contributed by atoms with E-state index in [2.05, 4.69) is 61.1 Å². The fourth-order valence-electron chi connectivity index (χ4n) is 3.72. The number of hydrogen-bond acceptors (Lipinski definition) is 3. The Morgan fingerprint density at radius 3 is 2.32 bits per heavy atom. The molecule has 0 bridgehead atoms. The normalized spacial score (nSPS) is 20.2. The van der Waals surface area contributed by atoms with E-state index in [1.165, 1.54) is 0 Å². The van der Waals surface area contributed by atoms with Crippen molar-refractivity contribution in [3.8, 4) is 5.75 Å². The maximum absolute atomic E-state index is 6.37. The fraction of sp³-hybridized carbons (Fsp3) is 0.136. The lowest BCUT2D eigenvalue weighted by molar-refractivity contribution is -0.0190. The molecular formula is C22H15Br2ClN2O. The number of fused-ring (bicyclic) bond motifs is 3. The second-order valence-electron chi connectivity index (χ2n) is 6.86. The van der Waals surface area contributed by atoms with Crippen molar-refractivity contribution in [1.82, 2.24) is 5.01 Å². The van der Waals surface area contributed by atoms with Gasteiger partial charge in [0.2, 0.25) is 6.23 Å². The predicted octanol–water partition coefficient (Wildman–Crippen LogP) is 7.11. The number of rotatable bonds is 2. The van der Waals surface area contributed by atoms with Crippen molar-refractivity contribution in [2.75, 3.05) is 0 Å². The zero-order valence-corrected chi connectivity index (χ0v) is 18.6. The van der Waals surface area contributed by atoms with Gasteiger partial charge in [0.1, 0.15) is 5.75 Å². The Kier molecular flexibility index (Phi) is 4.69. The maximum atomic E-state index is 6.37. The standard InChI is InChI=1S/C22H15Br2ClN2O/c23-15-5-1-13(2-6-15)19-12-20-18-11-17(25)9-10-21(18)28-22(27(20)26-19)14-3-7-16(24)8-4-14/h1-11,20,22H,12H2/t20-,22-/m0/s1. The van der Waals surface area contributed by atoms with Gasteiger partial charge in [0.15, 0.2) is 0 Å². The van der Waals surface area contributed by atoms with Gasteiger partial charge in [0.25, 0.3) is 0 Å². The lowest BCUT2D eigenvalue weighted by Gasteiger charge is -2.38. The fourth-order valence-corrected chi connectivity index (χ4v) is 4.43. The quantitative estimate of drug-likeness (QED) is 0.361. The van der Waals surface area contributed by atoms with E-state index in [9.17, 15) is 0 Å². The average molecular weight is 519 g/mol. The largest absolute Gasteiger partial charge is 0.464 e. The summed E-state index contributed by atoms with van der Waals surface area (Å²) in [7, 11) is 0. The summed E-state index contributed by atoms with van der Waals surface area (Å²) < 4.78 is 8.46. The predicted molar refractivity (Wildman–Crippen MR) is 119 cm³/mol. The van der Waals surface area contributed by atoms with Crippen molar-refractivity contribution < 1.29 is 4.74 Å². The van der Waals surface area contributed by atoms with Crippen LogP contribution in [0.5, 0.6) is 5.75 Å². The van der Waals surface area contributed by atoms with Gasteiger partial charge in [-0.1, -0.05) is 67.7 Å². The number of nitrogens with zero attached hydrogens (tertiary/aromatic N) is 2. The second kappa shape index (κ2) is 7.21. The molecule has 3 aromatic rings. The Morgan fingerprint density at radius 1 is 0.929 bits per heavy atom. The minimum atomic E-state index is -0.278. The third-order valence-electron chi connectivity index (χ3n) is 5.08. The smallest absolute Gasteiger partial charge is 0.213 e. The van der Waals surface area contributed by atoms with Gasteiger partial charge in [0.05, 0.1) is 11.8 Å². The van der Waals surface area contributed by atoms with Crippen molar-refractivity contribution >= 4 is 49.2 Å². The Bertz CT molecular complexity index is 1070. The lowest BCUT2D eigenvalue weighted by atomic mass is 9.96. The van der Waals surface area contributed by atoms with E-state index in [-0.39, 0.29) is 12.3 Å². The molecule has 0 amide bonds. The molecule has 0 aromatic heterocycles. The van der Waals surface area contributed by atoms with Crippen molar-refractivity contribution in [2.24, 2.45) is 5.10 Å². The first kappa shape index (κ1) is 18.2. The molecule has 3 aromatic carbocycles. The minimum Gasteiger partial charge on any atom is -0.464 e. The van der Waals surface area contributed by atoms with Crippen LogP contribution in [0.25, 0.3) is 0 Å². The van der Waals surface area contributed by atoms with Crippen LogP contribution in [0, 0.1) is 0 Å². The van der Waals surface area contributed by atoms with Gasteiger partial charge in [-0.15, -0.1) is 0 Å². The molecule has 0 unspecified atom stereocenters. The first-order valence-corrected chi connectivity index (χ1v) is 10.9. The number of hydrazone groups is 1. The van der Waals surface area contributed by atoms with Crippen molar-refractivity contribution in [3.05, 3.63) is 97.4 Å². The highest BCUT2D eigenvalue weighted by Gasteiger charge is 2.41. The van der Waals surface area contributed by atoms with Crippen LogP contribution in [0.4, 0.5) is 0 Å². The molecule has 0 saturated carbocycles. The van der Waals surface area contributed by atoms with E-state index in [0.717, 1.165) is 43.5 Å². The van der Waals surface area contributed by atoms with E-state index in [1.807, 2.05) is 42.5 Å². The van der Waals surface area contributed by atoms with Crippen LogP contribution in [0.1, 0.15) is 35.4 Å². The molecule has 140 valence electrons. The molecule has 2 atom stereocenters. The van der Waals surface area contributed by atoms with Crippen molar-refractivity contribution in [3.63, 3.8) is 0 Å². The molecule has 2 aliphatic rings.